The van der Waals surface area contributed by atoms with E-state index in [2.05, 4.69) is 31.2 Å². The first-order valence-electron chi connectivity index (χ1n) is 7.32. The van der Waals surface area contributed by atoms with Gasteiger partial charge in [0, 0.05) is 23.5 Å². The van der Waals surface area contributed by atoms with Gasteiger partial charge < -0.3 is 10.6 Å². The van der Waals surface area contributed by atoms with E-state index in [9.17, 15) is 4.79 Å². The average molecular weight is 329 g/mol. The standard InChI is InChI=1S/C16H24N2OS.ClH/c1-12-6-8-14(9-7-12)20-11-16(19)18-10-4-3-5-15(18)13(2)17;/h6-9,13,15H,3-5,10-11,17H2,1-2H3;1H. The van der Waals surface area contributed by atoms with Crippen LogP contribution in [0, 0.1) is 6.92 Å². The van der Waals surface area contributed by atoms with E-state index in [1.165, 1.54) is 12.0 Å². The van der Waals surface area contributed by atoms with Crippen molar-refractivity contribution in [3.05, 3.63) is 29.8 Å². The summed E-state index contributed by atoms with van der Waals surface area (Å²) in [6, 6.07) is 8.59. The van der Waals surface area contributed by atoms with Gasteiger partial charge >= 0.3 is 0 Å². The highest BCUT2D eigenvalue weighted by Gasteiger charge is 2.28. The van der Waals surface area contributed by atoms with Crippen LogP contribution in [0.2, 0.25) is 0 Å². The fourth-order valence-corrected chi connectivity index (χ4v) is 3.46. The Bertz CT molecular complexity index is 450. The third kappa shape index (κ3) is 5.20. The highest BCUT2D eigenvalue weighted by Crippen LogP contribution is 2.23. The normalized spacial score (nSPS) is 19.8. The van der Waals surface area contributed by atoms with Crippen LogP contribution in [0.25, 0.3) is 0 Å². The largest absolute Gasteiger partial charge is 0.337 e. The first-order valence-corrected chi connectivity index (χ1v) is 8.31. The number of rotatable bonds is 4. The second-order valence-electron chi connectivity index (χ2n) is 5.61. The number of thioether (sulfide) groups is 1. The van der Waals surface area contributed by atoms with Crippen LogP contribution in [0.3, 0.4) is 0 Å². The summed E-state index contributed by atoms with van der Waals surface area (Å²) in [6.45, 7) is 4.93. The highest BCUT2D eigenvalue weighted by molar-refractivity contribution is 8.00. The number of nitrogens with two attached hydrogens (primary N) is 1. The Balaban J connectivity index is 0.00000220. The molecule has 1 aliphatic rings. The topological polar surface area (TPSA) is 46.3 Å². The van der Waals surface area contributed by atoms with Crippen molar-refractivity contribution >= 4 is 30.1 Å². The minimum absolute atomic E-state index is 0. The van der Waals surface area contributed by atoms with Crippen LogP contribution in [0.4, 0.5) is 0 Å². The summed E-state index contributed by atoms with van der Waals surface area (Å²) >= 11 is 1.61. The van der Waals surface area contributed by atoms with Gasteiger partial charge in [-0.25, -0.2) is 0 Å². The number of hydrogen-bond acceptors (Lipinski definition) is 3. The quantitative estimate of drug-likeness (QED) is 0.863. The molecule has 0 spiro atoms. The molecule has 0 saturated carbocycles. The molecule has 0 bridgehead atoms. The first kappa shape index (κ1) is 18.3. The van der Waals surface area contributed by atoms with Gasteiger partial charge in [0.15, 0.2) is 0 Å². The van der Waals surface area contributed by atoms with Crippen molar-refractivity contribution in [3.8, 4) is 0 Å². The number of halogens is 1. The molecular formula is C16H25ClN2OS. The number of nitrogens with zero attached hydrogens (tertiary/aromatic N) is 1. The first-order chi connectivity index (χ1) is 9.58. The van der Waals surface area contributed by atoms with E-state index in [0.717, 1.165) is 24.3 Å². The van der Waals surface area contributed by atoms with E-state index >= 15 is 0 Å². The summed E-state index contributed by atoms with van der Waals surface area (Å²) in [7, 11) is 0. The number of aryl methyl sites for hydroxylation is 1. The fourth-order valence-electron chi connectivity index (χ4n) is 2.68. The molecule has 2 atom stereocenters. The zero-order valence-electron chi connectivity index (χ0n) is 12.7. The molecular weight excluding hydrogens is 304 g/mol. The summed E-state index contributed by atoms with van der Waals surface area (Å²) in [5, 5.41) is 0. The van der Waals surface area contributed by atoms with Gasteiger partial charge in [0.1, 0.15) is 0 Å². The Kier molecular flexibility index (Phi) is 7.57. The lowest BCUT2D eigenvalue weighted by molar-refractivity contribution is -0.132. The number of carbonyl (C=O) groups excluding carboxylic acids is 1. The molecule has 21 heavy (non-hydrogen) atoms. The molecule has 2 rings (SSSR count). The van der Waals surface area contributed by atoms with E-state index in [-0.39, 0.29) is 30.4 Å². The SMILES string of the molecule is Cc1ccc(SCC(=O)N2CCCCC2C(C)N)cc1.Cl. The molecule has 1 heterocycles. The van der Waals surface area contributed by atoms with Crippen molar-refractivity contribution in [2.45, 2.75) is 50.1 Å². The Morgan fingerprint density at radius 3 is 2.67 bits per heavy atom. The zero-order chi connectivity index (χ0) is 14.5. The number of hydrogen-bond donors (Lipinski definition) is 1. The van der Waals surface area contributed by atoms with Gasteiger partial charge in [-0.15, -0.1) is 24.2 Å². The molecule has 3 nitrogen and oxygen atoms in total. The maximum Gasteiger partial charge on any atom is 0.233 e. The van der Waals surface area contributed by atoms with E-state index in [1.54, 1.807) is 11.8 Å². The van der Waals surface area contributed by atoms with Gasteiger partial charge in [-0.1, -0.05) is 17.7 Å². The van der Waals surface area contributed by atoms with Crippen LogP contribution in [0.15, 0.2) is 29.2 Å². The van der Waals surface area contributed by atoms with Gasteiger partial charge in [0.25, 0.3) is 0 Å². The Morgan fingerprint density at radius 1 is 1.38 bits per heavy atom. The zero-order valence-corrected chi connectivity index (χ0v) is 14.4. The molecule has 1 saturated heterocycles. The molecule has 2 N–H and O–H groups in total. The lowest BCUT2D eigenvalue weighted by atomic mass is 9.97. The van der Waals surface area contributed by atoms with Crippen LogP contribution < -0.4 is 5.73 Å². The van der Waals surface area contributed by atoms with E-state index in [4.69, 9.17) is 5.73 Å². The fraction of sp³-hybridized carbons (Fsp3) is 0.562. The van der Waals surface area contributed by atoms with Crippen LogP contribution in [0.5, 0.6) is 0 Å². The molecule has 118 valence electrons. The van der Waals surface area contributed by atoms with Gasteiger partial charge in [0.2, 0.25) is 5.91 Å². The second-order valence-corrected chi connectivity index (χ2v) is 6.66. The number of carbonyl (C=O) groups is 1. The molecule has 5 heteroatoms. The van der Waals surface area contributed by atoms with Gasteiger partial charge in [-0.2, -0.15) is 0 Å². The Labute approximate surface area is 138 Å². The van der Waals surface area contributed by atoms with E-state index in [0.29, 0.717) is 5.75 Å². The van der Waals surface area contributed by atoms with Crippen LogP contribution in [-0.2, 0) is 4.79 Å². The van der Waals surface area contributed by atoms with Crippen LogP contribution in [-0.4, -0.2) is 35.2 Å². The summed E-state index contributed by atoms with van der Waals surface area (Å²) in [4.78, 5) is 15.5. The van der Waals surface area contributed by atoms with Crippen LogP contribution >= 0.6 is 24.2 Å². The molecule has 1 aromatic rings. The number of amides is 1. The van der Waals surface area contributed by atoms with Gasteiger partial charge in [-0.05, 0) is 45.2 Å². The van der Waals surface area contributed by atoms with Crippen molar-refractivity contribution in [1.29, 1.82) is 0 Å². The summed E-state index contributed by atoms with van der Waals surface area (Å²) in [5.74, 6) is 0.726. The van der Waals surface area contributed by atoms with Crippen molar-refractivity contribution in [2.24, 2.45) is 5.73 Å². The lowest BCUT2D eigenvalue weighted by Crippen LogP contribution is -2.52. The monoisotopic (exact) mass is 328 g/mol. The second kappa shape index (κ2) is 8.66. The van der Waals surface area contributed by atoms with E-state index in [1.807, 2.05) is 11.8 Å². The van der Waals surface area contributed by atoms with Gasteiger partial charge in [-0.3, -0.25) is 4.79 Å². The third-order valence-electron chi connectivity index (χ3n) is 3.86. The number of piperidine rings is 1. The summed E-state index contributed by atoms with van der Waals surface area (Å²) in [5.41, 5.74) is 7.26. The molecule has 2 unspecified atom stereocenters. The average Bonchev–Trinajstić information content (AvgIpc) is 2.46. The molecule has 1 aromatic carbocycles. The molecule has 1 fully saturated rings. The van der Waals surface area contributed by atoms with Crippen LogP contribution in [0.1, 0.15) is 31.7 Å². The molecule has 0 radical (unpaired) electrons. The van der Waals surface area contributed by atoms with Gasteiger partial charge in [0.05, 0.1) is 5.75 Å². The minimum atomic E-state index is 0. The molecule has 0 aliphatic carbocycles. The third-order valence-corrected chi connectivity index (χ3v) is 4.86. The minimum Gasteiger partial charge on any atom is -0.337 e. The van der Waals surface area contributed by atoms with Crippen molar-refractivity contribution < 1.29 is 4.79 Å². The highest BCUT2D eigenvalue weighted by atomic mass is 35.5. The smallest absolute Gasteiger partial charge is 0.233 e. The van der Waals surface area contributed by atoms with Crippen molar-refractivity contribution in [3.63, 3.8) is 0 Å². The summed E-state index contributed by atoms with van der Waals surface area (Å²) < 4.78 is 0. The Hall–Kier alpha value is -0.710. The maximum absolute atomic E-state index is 12.4. The predicted molar refractivity (Wildman–Crippen MR) is 92.2 cm³/mol. The lowest BCUT2D eigenvalue weighted by Gasteiger charge is -2.38. The summed E-state index contributed by atoms with van der Waals surface area (Å²) in [6.07, 6.45) is 3.32. The molecule has 0 aromatic heterocycles. The Morgan fingerprint density at radius 2 is 2.05 bits per heavy atom. The molecule has 1 amide bonds. The number of likely N-dealkylation sites (tertiary alicyclic amines) is 1. The van der Waals surface area contributed by atoms with Crippen molar-refractivity contribution in [1.82, 2.24) is 4.90 Å². The predicted octanol–water partition coefficient (Wildman–Crippen LogP) is 3.24. The van der Waals surface area contributed by atoms with E-state index < -0.39 is 0 Å². The number of benzene rings is 1. The maximum atomic E-state index is 12.4. The van der Waals surface area contributed by atoms with Crippen molar-refractivity contribution in [2.75, 3.05) is 12.3 Å². The molecule has 1 aliphatic heterocycles.